The Morgan fingerprint density at radius 1 is 0.429 bits per heavy atom. The minimum atomic E-state index is -0.425. The third-order valence-corrected chi connectivity index (χ3v) is 8.64. The van der Waals surface area contributed by atoms with E-state index in [4.69, 9.17) is 18.6 Å². The van der Waals surface area contributed by atoms with E-state index in [0.717, 1.165) is 59.6 Å². The standard InChI is InChI=1S/C36H48B2O4/c1-3-5-7-9-11-13-15-21-29-27-32(38-41-35-25-19-20-26-36(35)42-38)30(22-16-14-12-10-8-6-4-2)28-31(29)37-39-33-23-17-18-24-34(33)40-37/h17-20,23-28H,3-16,21-22H2,1-2H3. The molecule has 0 bridgehead atoms. The number of fused-ring (bicyclic) bond motifs is 2. The molecule has 2 heterocycles. The molecule has 3 aromatic rings. The van der Waals surface area contributed by atoms with Crippen LogP contribution in [0.5, 0.6) is 23.0 Å². The van der Waals surface area contributed by atoms with E-state index in [0.29, 0.717) is 0 Å². The monoisotopic (exact) mass is 566 g/mol. The van der Waals surface area contributed by atoms with Gasteiger partial charge in [-0.05, 0) is 61.1 Å². The maximum Gasteiger partial charge on any atom is 0.633 e. The Morgan fingerprint density at radius 2 is 0.738 bits per heavy atom. The number of unbranched alkanes of at least 4 members (excludes halogenated alkanes) is 12. The molecule has 4 nitrogen and oxygen atoms in total. The summed E-state index contributed by atoms with van der Waals surface area (Å²) in [6.07, 6.45) is 20.0. The van der Waals surface area contributed by atoms with Crippen molar-refractivity contribution >= 4 is 25.2 Å². The predicted octanol–water partition coefficient (Wildman–Crippen LogP) is 8.61. The van der Waals surface area contributed by atoms with Gasteiger partial charge in [0.25, 0.3) is 0 Å². The Hall–Kier alpha value is -3.01. The van der Waals surface area contributed by atoms with Crippen molar-refractivity contribution in [3.05, 3.63) is 71.8 Å². The smallest absolute Gasteiger partial charge is 0.519 e. The van der Waals surface area contributed by atoms with Crippen molar-refractivity contribution < 1.29 is 18.6 Å². The van der Waals surface area contributed by atoms with Crippen LogP contribution in [0.3, 0.4) is 0 Å². The van der Waals surface area contributed by atoms with Crippen LogP contribution in [0.4, 0.5) is 0 Å². The van der Waals surface area contributed by atoms with E-state index < -0.39 is 14.2 Å². The lowest BCUT2D eigenvalue weighted by Gasteiger charge is -2.18. The lowest BCUT2D eigenvalue weighted by Crippen LogP contribution is -2.47. The molecule has 0 spiro atoms. The van der Waals surface area contributed by atoms with Gasteiger partial charge in [0.2, 0.25) is 0 Å². The molecule has 0 saturated carbocycles. The van der Waals surface area contributed by atoms with Crippen molar-refractivity contribution in [1.29, 1.82) is 0 Å². The van der Waals surface area contributed by atoms with E-state index >= 15 is 0 Å². The second-order valence-corrected chi connectivity index (χ2v) is 12.0. The highest BCUT2D eigenvalue weighted by Crippen LogP contribution is 2.34. The molecule has 0 N–H and O–H groups in total. The topological polar surface area (TPSA) is 36.9 Å². The maximum absolute atomic E-state index is 6.37. The first kappa shape index (κ1) is 30.4. The molecule has 0 aromatic heterocycles. The maximum atomic E-state index is 6.37. The highest BCUT2D eigenvalue weighted by atomic mass is 16.6. The molecule has 0 unspecified atom stereocenters. The molecule has 222 valence electrons. The van der Waals surface area contributed by atoms with Crippen molar-refractivity contribution in [3.63, 3.8) is 0 Å². The van der Waals surface area contributed by atoms with Crippen molar-refractivity contribution in [1.82, 2.24) is 0 Å². The van der Waals surface area contributed by atoms with Gasteiger partial charge in [-0.25, -0.2) is 0 Å². The Bertz CT molecular complexity index is 1120. The number of para-hydroxylation sites is 4. The zero-order chi connectivity index (χ0) is 29.0. The normalized spacial score (nSPS) is 13.3. The molecule has 42 heavy (non-hydrogen) atoms. The molecule has 3 aromatic carbocycles. The second-order valence-electron chi connectivity index (χ2n) is 12.0. The minimum absolute atomic E-state index is 0.425. The van der Waals surface area contributed by atoms with Gasteiger partial charge in [0.05, 0.1) is 0 Å². The van der Waals surface area contributed by atoms with Gasteiger partial charge >= 0.3 is 14.2 Å². The van der Waals surface area contributed by atoms with Gasteiger partial charge in [-0.3, -0.25) is 0 Å². The van der Waals surface area contributed by atoms with Gasteiger partial charge in [-0.15, -0.1) is 0 Å². The van der Waals surface area contributed by atoms with Gasteiger partial charge in [0.15, 0.2) is 0 Å². The average molecular weight is 566 g/mol. The quantitative estimate of drug-likeness (QED) is 0.114. The van der Waals surface area contributed by atoms with E-state index in [1.807, 2.05) is 48.5 Å². The molecule has 5 rings (SSSR count). The number of hydrogen-bond donors (Lipinski definition) is 0. The van der Waals surface area contributed by atoms with Crippen molar-refractivity contribution in [2.45, 2.75) is 117 Å². The first-order valence-corrected chi connectivity index (χ1v) is 16.8. The zero-order valence-electron chi connectivity index (χ0n) is 25.9. The molecular formula is C36H48B2O4. The molecule has 6 heteroatoms. The van der Waals surface area contributed by atoms with E-state index in [2.05, 4.69) is 26.0 Å². The second kappa shape index (κ2) is 16.0. The summed E-state index contributed by atoms with van der Waals surface area (Å²) in [4.78, 5) is 0. The fourth-order valence-electron chi connectivity index (χ4n) is 6.20. The van der Waals surface area contributed by atoms with Crippen LogP contribution in [0.15, 0.2) is 60.7 Å². The Morgan fingerprint density at radius 3 is 1.07 bits per heavy atom. The first-order valence-electron chi connectivity index (χ1n) is 16.8. The Labute approximate surface area is 254 Å². The van der Waals surface area contributed by atoms with Crippen LogP contribution in [0.1, 0.15) is 115 Å². The van der Waals surface area contributed by atoms with E-state index in [1.165, 1.54) is 88.2 Å². The molecule has 2 aliphatic heterocycles. The molecule has 0 saturated heterocycles. The fraction of sp³-hybridized carbons (Fsp3) is 0.500. The summed E-state index contributed by atoms with van der Waals surface area (Å²) in [6, 6.07) is 20.7. The third-order valence-electron chi connectivity index (χ3n) is 8.64. The van der Waals surface area contributed by atoms with Crippen LogP contribution in [0.25, 0.3) is 0 Å². The van der Waals surface area contributed by atoms with Gasteiger partial charge in [0.1, 0.15) is 23.0 Å². The Balaban J connectivity index is 1.37. The molecule has 2 aliphatic rings. The van der Waals surface area contributed by atoms with Crippen molar-refractivity contribution in [2.24, 2.45) is 0 Å². The van der Waals surface area contributed by atoms with E-state index in [9.17, 15) is 0 Å². The van der Waals surface area contributed by atoms with Gasteiger partial charge < -0.3 is 18.6 Å². The van der Waals surface area contributed by atoms with Gasteiger partial charge in [0, 0.05) is 10.9 Å². The average Bonchev–Trinajstić information content (AvgIpc) is 3.65. The van der Waals surface area contributed by atoms with Crippen LogP contribution in [-0.2, 0) is 12.8 Å². The molecule has 0 radical (unpaired) electrons. The number of aryl methyl sites for hydroxylation is 2. The van der Waals surface area contributed by atoms with E-state index in [1.54, 1.807) is 0 Å². The highest BCUT2D eigenvalue weighted by molar-refractivity contribution is 6.66. The van der Waals surface area contributed by atoms with Crippen molar-refractivity contribution in [2.75, 3.05) is 0 Å². The number of rotatable bonds is 18. The third kappa shape index (κ3) is 8.08. The van der Waals surface area contributed by atoms with Crippen LogP contribution in [0, 0.1) is 0 Å². The zero-order valence-corrected chi connectivity index (χ0v) is 25.9. The predicted molar refractivity (Wildman–Crippen MR) is 176 cm³/mol. The van der Waals surface area contributed by atoms with Crippen LogP contribution >= 0.6 is 0 Å². The molecule has 0 fully saturated rings. The summed E-state index contributed by atoms with van der Waals surface area (Å²) < 4.78 is 25.5. The van der Waals surface area contributed by atoms with E-state index in [-0.39, 0.29) is 0 Å². The Kier molecular flexibility index (Phi) is 11.6. The van der Waals surface area contributed by atoms with Crippen molar-refractivity contribution in [3.8, 4) is 23.0 Å². The number of benzene rings is 3. The molecule has 0 amide bonds. The van der Waals surface area contributed by atoms with Crippen LogP contribution < -0.4 is 29.5 Å². The molecule has 0 atom stereocenters. The summed E-state index contributed by atoms with van der Waals surface area (Å²) >= 11 is 0. The summed E-state index contributed by atoms with van der Waals surface area (Å²) in [5.41, 5.74) is 4.86. The lowest BCUT2D eigenvalue weighted by molar-refractivity contribution is 0.515. The lowest BCUT2D eigenvalue weighted by atomic mass is 9.67. The summed E-state index contributed by atoms with van der Waals surface area (Å²) in [6.45, 7) is 4.55. The molecule has 0 aliphatic carbocycles. The van der Waals surface area contributed by atoms with Gasteiger partial charge in [-0.1, -0.05) is 127 Å². The summed E-state index contributed by atoms with van der Waals surface area (Å²) in [5.74, 6) is 3.28. The minimum Gasteiger partial charge on any atom is -0.519 e. The largest absolute Gasteiger partial charge is 0.633 e. The first-order chi connectivity index (χ1) is 20.8. The van der Waals surface area contributed by atoms with Crippen LogP contribution in [-0.4, -0.2) is 14.2 Å². The molecular weight excluding hydrogens is 518 g/mol. The summed E-state index contributed by atoms with van der Waals surface area (Å²) in [5, 5.41) is 0. The SMILES string of the molecule is CCCCCCCCCc1cc(B2Oc3ccccc3O2)c(CCCCCCCCC)cc1B1Oc2ccccc2O1. The van der Waals surface area contributed by atoms with Gasteiger partial charge in [-0.2, -0.15) is 0 Å². The van der Waals surface area contributed by atoms with Crippen LogP contribution in [0.2, 0.25) is 0 Å². The fourth-order valence-corrected chi connectivity index (χ4v) is 6.20. The summed E-state index contributed by atoms with van der Waals surface area (Å²) in [7, 11) is -0.849. The number of hydrogen-bond acceptors (Lipinski definition) is 4. The highest BCUT2D eigenvalue weighted by Gasteiger charge is 2.40.